The first-order valence-electron chi connectivity index (χ1n) is 8.24. The number of aryl methyl sites for hydroxylation is 1. The van der Waals surface area contributed by atoms with Gasteiger partial charge in [0.25, 0.3) is 0 Å². The van der Waals surface area contributed by atoms with Crippen molar-refractivity contribution in [3.63, 3.8) is 0 Å². The molecule has 2 aromatic rings. The molecule has 3 rings (SSSR count). The van der Waals surface area contributed by atoms with Crippen molar-refractivity contribution in [1.29, 1.82) is 0 Å². The molecule has 1 heterocycles. The van der Waals surface area contributed by atoms with Gasteiger partial charge in [0.1, 0.15) is 5.82 Å². The van der Waals surface area contributed by atoms with Gasteiger partial charge in [-0.2, -0.15) is 4.98 Å². The zero-order valence-corrected chi connectivity index (χ0v) is 14.6. The molecule has 0 radical (unpaired) electrons. The molecule has 1 fully saturated rings. The van der Waals surface area contributed by atoms with E-state index in [0.717, 1.165) is 29.2 Å². The topological polar surface area (TPSA) is 49.8 Å². The monoisotopic (exact) mass is 330 g/mol. The number of hydrogen-bond acceptors (Lipinski definition) is 4. The predicted molar refractivity (Wildman–Crippen MR) is 96.9 cm³/mol. The third kappa shape index (κ3) is 4.14. The van der Waals surface area contributed by atoms with E-state index in [0.29, 0.717) is 22.9 Å². The highest BCUT2D eigenvalue weighted by atomic mass is 35.5. The Bertz CT molecular complexity index is 697. The van der Waals surface area contributed by atoms with Crippen LogP contribution in [0.5, 0.6) is 0 Å². The highest BCUT2D eigenvalue weighted by molar-refractivity contribution is 6.33. The van der Waals surface area contributed by atoms with Gasteiger partial charge in [-0.15, -0.1) is 0 Å². The highest BCUT2D eigenvalue weighted by Crippen LogP contribution is 2.40. The highest BCUT2D eigenvalue weighted by Gasteiger charge is 2.26. The Morgan fingerprint density at radius 1 is 1.26 bits per heavy atom. The van der Waals surface area contributed by atoms with E-state index in [4.69, 9.17) is 11.6 Å². The summed E-state index contributed by atoms with van der Waals surface area (Å²) in [6, 6.07) is 8.36. The molecule has 1 aromatic heterocycles. The summed E-state index contributed by atoms with van der Waals surface area (Å²) in [4.78, 5) is 9.26. The van der Waals surface area contributed by atoms with Gasteiger partial charge in [-0.25, -0.2) is 4.98 Å². The molecule has 1 saturated carbocycles. The molecular formula is C18H23ClN4. The van der Waals surface area contributed by atoms with Gasteiger partial charge < -0.3 is 10.6 Å². The third-order valence-corrected chi connectivity index (χ3v) is 4.43. The van der Waals surface area contributed by atoms with Crippen molar-refractivity contribution in [2.24, 2.45) is 0 Å². The molecule has 0 spiro atoms. The maximum Gasteiger partial charge on any atom is 0.225 e. The number of benzene rings is 1. The molecule has 0 amide bonds. The molecule has 1 aliphatic carbocycles. The van der Waals surface area contributed by atoms with E-state index < -0.39 is 0 Å². The Kier molecular flexibility index (Phi) is 4.71. The van der Waals surface area contributed by atoms with E-state index in [2.05, 4.69) is 34.4 Å². The smallest absolute Gasteiger partial charge is 0.225 e. The normalized spacial score (nSPS) is 15.3. The van der Waals surface area contributed by atoms with Gasteiger partial charge in [-0.3, -0.25) is 0 Å². The molecule has 2 N–H and O–H groups in total. The summed E-state index contributed by atoms with van der Waals surface area (Å²) in [5, 5.41) is 7.40. The Balaban J connectivity index is 1.87. The van der Waals surface area contributed by atoms with Gasteiger partial charge in [0, 0.05) is 18.0 Å². The summed E-state index contributed by atoms with van der Waals surface area (Å²) in [5.74, 6) is 2.05. The van der Waals surface area contributed by atoms with Crippen molar-refractivity contribution in [3.8, 4) is 0 Å². The number of anilines is 3. The lowest BCUT2D eigenvalue weighted by molar-refractivity contribution is 0.750. The number of nitrogens with zero attached hydrogens (tertiary/aromatic N) is 2. The summed E-state index contributed by atoms with van der Waals surface area (Å²) >= 11 is 6.32. The Morgan fingerprint density at radius 3 is 2.70 bits per heavy atom. The van der Waals surface area contributed by atoms with Crippen molar-refractivity contribution >= 4 is 29.1 Å². The third-order valence-electron chi connectivity index (χ3n) is 4.12. The van der Waals surface area contributed by atoms with Gasteiger partial charge in [-0.05, 0) is 50.8 Å². The Labute approximate surface area is 142 Å². The van der Waals surface area contributed by atoms with Gasteiger partial charge in [-0.1, -0.05) is 24.6 Å². The van der Waals surface area contributed by atoms with Crippen LogP contribution in [-0.2, 0) is 0 Å². The van der Waals surface area contributed by atoms with E-state index in [1.807, 2.05) is 31.2 Å². The molecule has 1 atom stereocenters. The fraction of sp³-hybridized carbons (Fsp3) is 0.444. The zero-order valence-electron chi connectivity index (χ0n) is 13.9. The van der Waals surface area contributed by atoms with Crippen molar-refractivity contribution in [2.45, 2.75) is 52.0 Å². The van der Waals surface area contributed by atoms with E-state index >= 15 is 0 Å². The van der Waals surface area contributed by atoms with Crippen LogP contribution in [0.25, 0.3) is 0 Å². The summed E-state index contributed by atoms with van der Waals surface area (Å²) in [7, 11) is 0. The average molecular weight is 331 g/mol. The van der Waals surface area contributed by atoms with Crippen LogP contribution in [0.1, 0.15) is 50.3 Å². The van der Waals surface area contributed by atoms with Gasteiger partial charge in [0.15, 0.2) is 0 Å². The van der Waals surface area contributed by atoms with Crippen molar-refractivity contribution < 1.29 is 0 Å². The van der Waals surface area contributed by atoms with Gasteiger partial charge in [0.05, 0.1) is 16.4 Å². The SMILES string of the molecule is CC[C@@H](C)Nc1nc(Nc2ccc(C)cc2Cl)cc(C2CC2)n1. The molecule has 1 aliphatic rings. The van der Waals surface area contributed by atoms with Crippen LogP contribution >= 0.6 is 11.6 Å². The molecule has 0 saturated heterocycles. The first-order chi connectivity index (χ1) is 11.0. The van der Waals surface area contributed by atoms with E-state index in [9.17, 15) is 0 Å². The second-order valence-corrected chi connectivity index (χ2v) is 6.75. The molecule has 1 aromatic carbocycles. The minimum absolute atomic E-state index is 0.347. The van der Waals surface area contributed by atoms with E-state index in [1.54, 1.807) is 0 Å². The summed E-state index contributed by atoms with van der Waals surface area (Å²) < 4.78 is 0. The number of nitrogens with one attached hydrogen (secondary N) is 2. The van der Waals surface area contributed by atoms with Crippen molar-refractivity contribution in [2.75, 3.05) is 10.6 Å². The maximum absolute atomic E-state index is 6.32. The van der Waals surface area contributed by atoms with Crippen LogP contribution in [0.15, 0.2) is 24.3 Å². The maximum atomic E-state index is 6.32. The number of rotatable bonds is 6. The van der Waals surface area contributed by atoms with Gasteiger partial charge in [0.2, 0.25) is 5.95 Å². The van der Waals surface area contributed by atoms with Crippen LogP contribution < -0.4 is 10.6 Å². The Morgan fingerprint density at radius 2 is 2.04 bits per heavy atom. The lowest BCUT2D eigenvalue weighted by atomic mass is 10.2. The fourth-order valence-corrected chi connectivity index (χ4v) is 2.65. The van der Waals surface area contributed by atoms with E-state index in [1.165, 1.54) is 12.8 Å². The van der Waals surface area contributed by atoms with E-state index in [-0.39, 0.29) is 0 Å². The first kappa shape index (κ1) is 16.1. The van der Waals surface area contributed by atoms with Crippen LogP contribution in [0, 0.1) is 6.92 Å². The summed E-state index contributed by atoms with van der Waals surface area (Å²) in [6.07, 6.45) is 3.46. The molecule has 0 unspecified atom stereocenters. The number of halogens is 1. The van der Waals surface area contributed by atoms with Crippen molar-refractivity contribution in [1.82, 2.24) is 9.97 Å². The zero-order chi connectivity index (χ0) is 16.4. The Hall–Kier alpha value is -1.81. The lowest BCUT2D eigenvalue weighted by Crippen LogP contribution is -2.16. The number of hydrogen-bond donors (Lipinski definition) is 2. The molecule has 0 bridgehead atoms. The lowest BCUT2D eigenvalue weighted by Gasteiger charge is -2.15. The van der Waals surface area contributed by atoms with Gasteiger partial charge >= 0.3 is 0 Å². The predicted octanol–water partition coefficient (Wildman–Crippen LogP) is 5.27. The fourth-order valence-electron chi connectivity index (χ4n) is 2.36. The molecule has 0 aliphatic heterocycles. The standard InChI is InChI=1S/C18H23ClN4/c1-4-12(3)20-18-22-16(13-6-7-13)10-17(23-18)21-15-8-5-11(2)9-14(15)19/h5,8-10,12-13H,4,6-7H2,1-3H3,(H2,20,21,22,23)/t12-/m1/s1. The molecule has 23 heavy (non-hydrogen) atoms. The average Bonchev–Trinajstić information content (AvgIpc) is 3.34. The van der Waals surface area contributed by atoms with Crippen LogP contribution in [-0.4, -0.2) is 16.0 Å². The minimum Gasteiger partial charge on any atom is -0.352 e. The van der Waals surface area contributed by atoms with Crippen LogP contribution in [0.3, 0.4) is 0 Å². The first-order valence-corrected chi connectivity index (χ1v) is 8.61. The second-order valence-electron chi connectivity index (χ2n) is 6.34. The van der Waals surface area contributed by atoms with Crippen molar-refractivity contribution in [3.05, 3.63) is 40.5 Å². The minimum atomic E-state index is 0.347. The molecule has 4 nitrogen and oxygen atoms in total. The quantitative estimate of drug-likeness (QED) is 0.757. The van der Waals surface area contributed by atoms with Crippen LogP contribution in [0.4, 0.5) is 17.5 Å². The molecule has 5 heteroatoms. The summed E-state index contributed by atoms with van der Waals surface area (Å²) in [5.41, 5.74) is 3.12. The number of aromatic nitrogens is 2. The summed E-state index contributed by atoms with van der Waals surface area (Å²) in [6.45, 7) is 6.31. The largest absolute Gasteiger partial charge is 0.352 e. The second kappa shape index (κ2) is 6.75. The van der Waals surface area contributed by atoms with Crippen LogP contribution in [0.2, 0.25) is 5.02 Å². The molecular weight excluding hydrogens is 308 g/mol. The molecule has 122 valence electrons.